The van der Waals surface area contributed by atoms with E-state index in [1.165, 1.54) is 0 Å². The molecule has 0 fully saturated rings. The molecule has 4 nitrogen and oxygen atoms in total. The Bertz CT molecular complexity index is 282. The van der Waals surface area contributed by atoms with Crippen molar-refractivity contribution in [3.05, 3.63) is 24.3 Å². The molecule has 0 aromatic rings. The molecule has 0 aromatic carbocycles. The summed E-state index contributed by atoms with van der Waals surface area (Å²) in [6, 6.07) is 0. The molecule has 0 aromatic heterocycles. The van der Waals surface area contributed by atoms with Gasteiger partial charge in [0.05, 0.1) is 6.61 Å². The summed E-state index contributed by atoms with van der Waals surface area (Å²) in [5.74, 6) is -0.0527. The molecule has 1 aliphatic rings. The number of primary amides is 1. The van der Waals surface area contributed by atoms with E-state index in [4.69, 9.17) is 5.73 Å². The zero-order chi connectivity index (χ0) is 11.8. The molecule has 15 heavy (non-hydrogen) atoms. The number of allylic oxidation sites excluding steroid dienone is 1. The predicted octanol–water partition coefficient (Wildman–Crippen LogP) is 1.17. The Morgan fingerprint density at radius 3 is 2.40 bits per heavy atom. The number of carbonyl (C=O) groups is 2. The van der Waals surface area contributed by atoms with E-state index in [1.54, 1.807) is 6.92 Å². The van der Waals surface area contributed by atoms with E-state index < -0.39 is 0 Å². The van der Waals surface area contributed by atoms with Gasteiger partial charge in [0.2, 0.25) is 5.91 Å². The van der Waals surface area contributed by atoms with E-state index in [9.17, 15) is 9.59 Å². The molecule has 0 spiro atoms. The van der Waals surface area contributed by atoms with Gasteiger partial charge in [0, 0.05) is 11.6 Å². The summed E-state index contributed by atoms with van der Waals surface area (Å²) in [6.07, 6.45) is 3.92. The molecular weight excluding hydrogens is 194 g/mol. The molecular formula is C11H17NO3. The van der Waals surface area contributed by atoms with Gasteiger partial charge in [-0.15, -0.1) is 0 Å². The van der Waals surface area contributed by atoms with Gasteiger partial charge in [0.1, 0.15) is 0 Å². The lowest BCUT2D eigenvalue weighted by Crippen LogP contribution is -2.21. The molecule has 0 aliphatic heterocycles. The lowest BCUT2D eigenvalue weighted by atomic mass is 9.88. The Labute approximate surface area is 89.8 Å². The van der Waals surface area contributed by atoms with Crippen LogP contribution in [-0.4, -0.2) is 18.5 Å². The average molecular weight is 211 g/mol. The largest absolute Gasteiger partial charge is 0.463 e. The van der Waals surface area contributed by atoms with Gasteiger partial charge >= 0.3 is 5.97 Å². The molecule has 1 amide bonds. The second kappa shape index (κ2) is 6.81. The van der Waals surface area contributed by atoms with E-state index in [0.29, 0.717) is 12.5 Å². The highest BCUT2D eigenvalue weighted by molar-refractivity contribution is 5.93. The average Bonchev–Trinajstić information content (AvgIpc) is 2.14. The minimum Gasteiger partial charge on any atom is -0.463 e. The van der Waals surface area contributed by atoms with Crippen molar-refractivity contribution in [1.82, 2.24) is 0 Å². The predicted molar refractivity (Wildman–Crippen MR) is 57.9 cm³/mol. The standard InChI is InChI=1S/C6H9NO.C5H8O2/c1-4-2-5(3-4)6(7)8;1-3-5(6)7-4-2/h2,4H,3H2,1H3,(H2,7,8);3H,1,4H2,2H3. The van der Waals surface area contributed by atoms with Crippen LogP contribution >= 0.6 is 0 Å². The third kappa shape index (κ3) is 5.67. The zero-order valence-electron chi connectivity index (χ0n) is 9.16. The summed E-state index contributed by atoms with van der Waals surface area (Å²) in [7, 11) is 0. The second-order valence-corrected chi connectivity index (χ2v) is 3.19. The van der Waals surface area contributed by atoms with Crippen LogP contribution in [0.2, 0.25) is 0 Å². The molecule has 0 bridgehead atoms. The van der Waals surface area contributed by atoms with Crippen molar-refractivity contribution < 1.29 is 14.3 Å². The Hall–Kier alpha value is -1.58. The first-order valence-electron chi connectivity index (χ1n) is 4.80. The molecule has 0 heterocycles. The summed E-state index contributed by atoms with van der Waals surface area (Å²) < 4.78 is 4.43. The van der Waals surface area contributed by atoms with Crippen LogP contribution in [0.1, 0.15) is 20.3 Å². The van der Waals surface area contributed by atoms with Crippen molar-refractivity contribution in [1.29, 1.82) is 0 Å². The number of nitrogens with two attached hydrogens (primary N) is 1. The van der Waals surface area contributed by atoms with Crippen LogP contribution in [0.4, 0.5) is 0 Å². The van der Waals surface area contributed by atoms with Gasteiger partial charge in [-0.3, -0.25) is 4.79 Å². The van der Waals surface area contributed by atoms with Crippen LogP contribution in [0, 0.1) is 5.92 Å². The Kier molecular flexibility index (Phi) is 6.09. The lowest BCUT2D eigenvalue weighted by molar-refractivity contribution is -0.137. The van der Waals surface area contributed by atoms with Crippen molar-refractivity contribution in [3.63, 3.8) is 0 Å². The van der Waals surface area contributed by atoms with Crippen LogP contribution in [0.5, 0.6) is 0 Å². The number of amides is 1. The van der Waals surface area contributed by atoms with Crippen molar-refractivity contribution in [3.8, 4) is 0 Å². The van der Waals surface area contributed by atoms with Gasteiger partial charge in [-0.25, -0.2) is 4.79 Å². The van der Waals surface area contributed by atoms with Gasteiger partial charge in [-0.05, 0) is 19.3 Å². The van der Waals surface area contributed by atoms with Gasteiger partial charge in [0.25, 0.3) is 0 Å². The normalized spacial score (nSPS) is 17.5. The first-order chi connectivity index (χ1) is 7.01. The summed E-state index contributed by atoms with van der Waals surface area (Å²) in [5.41, 5.74) is 5.74. The molecule has 1 unspecified atom stereocenters. The van der Waals surface area contributed by atoms with E-state index in [-0.39, 0.29) is 11.9 Å². The highest BCUT2D eigenvalue weighted by Crippen LogP contribution is 2.23. The molecule has 4 heteroatoms. The Morgan fingerprint density at radius 1 is 1.73 bits per heavy atom. The van der Waals surface area contributed by atoms with Crippen LogP contribution in [0.25, 0.3) is 0 Å². The van der Waals surface area contributed by atoms with E-state index >= 15 is 0 Å². The van der Waals surface area contributed by atoms with Crippen LogP contribution in [0.3, 0.4) is 0 Å². The van der Waals surface area contributed by atoms with Crippen molar-refractivity contribution >= 4 is 11.9 Å². The molecule has 84 valence electrons. The second-order valence-electron chi connectivity index (χ2n) is 3.19. The lowest BCUT2D eigenvalue weighted by Gasteiger charge is -2.17. The maximum absolute atomic E-state index is 10.3. The number of hydrogen-bond donors (Lipinski definition) is 1. The van der Waals surface area contributed by atoms with E-state index in [1.807, 2.05) is 6.08 Å². The summed E-state index contributed by atoms with van der Waals surface area (Å²) >= 11 is 0. The number of rotatable bonds is 3. The van der Waals surface area contributed by atoms with Crippen LogP contribution in [-0.2, 0) is 14.3 Å². The first-order valence-corrected chi connectivity index (χ1v) is 4.80. The molecule has 1 rings (SSSR count). The molecule has 0 saturated heterocycles. The molecule has 2 N–H and O–H groups in total. The van der Waals surface area contributed by atoms with Crippen molar-refractivity contribution in [2.45, 2.75) is 20.3 Å². The molecule has 1 aliphatic carbocycles. The molecule has 0 radical (unpaired) electrons. The molecule has 0 saturated carbocycles. The van der Waals surface area contributed by atoms with Crippen LogP contribution < -0.4 is 5.73 Å². The number of ether oxygens (including phenoxy) is 1. The fraction of sp³-hybridized carbons (Fsp3) is 0.455. The number of carbonyl (C=O) groups excluding carboxylic acids is 2. The van der Waals surface area contributed by atoms with Crippen molar-refractivity contribution in [2.75, 3.05) is 6.61 Å². The fourth-order valence-electron chi connectivity index (χ4n) is 1.04. The van der Waals surface area contributed by atoms with Gasteiger partial charge in [0.15, 0.2) is 0 Å². The zero-order valence-corrected chi connectivity index (χ0v) is 9.16. The summed E-state index contributed by atoms with van der Waals surface area (Å²) in [6.45, 7) is 7.44. The number of hydrogen-bond acceptors (Lipinski definition) is 3. The monoisotopic (exact) mass is 211 g/mol. The Morgan fingerprint density at radius 2 is 2.27 bits per heavy atom. The van der Waals surface area contributed by atoms with Gasteiger partial charge in [-0.1, -0.05) is 19.6 Å². The fourth-order valence-corrected chi connectivity index (χ4v) is 1.04. The van der Waals surface area contributed by atoms with Gasteiger partial charge in [-0.2, -0.15) is 0 Å². The highest BCUT2D eigenvalue weighted by atomic mass is 16.5. The van der Waals surface area contributed by atoms with Gasteiger partial charge < -0.3 is 10.5 Å². The third-order valence-corrected chi connectivity index (χ3v) is 1.80. The van der Waals surface area contributed by atoms with E-state index in [0.717, 1.165) is 18.1 Å². The summed E-state index contributed by atoms with van der Waals surface area (Å²) in [5, 5.41) is 0. The highest BCUT2D eigenvalue weighted by Gasteiger charge is 2.17. The maximum atomic E-state index is 10.3. The minimum atomic E-state index is -0.359. The minimum absolute atomic E-state index is 0.261. The van der Waals surface area contributed by atoms with E-state index in [2.05, 4.69) is 18.2 Å². The summed E-state index contributed by atoms with van der Waals surface area (Å²) in [4.78, 5) is 20.4. The van der Waals surface area contributed by atoms with Crippen molar-refractivity contribution in [2.24, 2.45) is 11.7 Å². The maximum Gasteiger partial charge on any atom is 0.330 e. The Balaban J connectivity index is 0.000000265. The SMILES string of the molecule is C=CC(=O)OCC.CC1C=C(C(N)=O)C1. The van der Waals surface area contributed by atoms with Crippen LogP contribution in [0.15, 0.2) is 24.3 Å². The topological polar surface area (TPSA) is 69.4 Å². The third-order valence-electron chi connectivity index (χ3n) is 1.80. The molecule has 1 atom stereocenters. The first kappa shape index (κ1) is 13.4. The smallest absolute Gasteiger partial charge is 0.330 e. The number of esters is 1. The quantitative estimate of drug-likeness (QED) is 0.562.